The van der Waals surface area contributed by atoms with Crippen LogP contribution in [0.5, 0.6) is 0 Å². The minimum atomic E-state index is 0.306. The molecule has 5 heteroatoms. The predicted octanol–water partition coefficient (Wildman–Crippen LogP) is 3.28. The van der Waals surface area contributed by atoms with Crippen molar-refractivity contribution in [2.75, 3.05) is 13.1 Å². The number of halogens is 1. The molecule has 1 unspecified atom stereocenters. The van der Waals surface area contributed by atoms with Gasteiger partial charge in [-0.05, 0) is 30.7 Å². The predicted molar refractivity (Wildman–Crippen MR) is 83.1 cm³/mol. The van der Waals surface area contributed by atoms with E-state index in [2.05, 4.69) is 10.2 Å². The van der Waals surface area contributed by atoms with Crippen LogP contribution >= 0.6 is 22.9 Å². The standard InChI is InChI=1S/C15H21ClN2OS/c16-13-6-8-20-14(13)9-17-12-5-7-18(10-12)15(19)11-3-1-2-4-11/h6,8,11-12,17H,1-5,7,9-10H2. The molecule has 3 rings (SSSR count). The van der Waals surface area contributed by atoms with E-state index in [1.807, 2.05) is 11.4 Å². The fourth-order valence-corrected chi connectivity index (χ4v) is 4.30. The van der Waals surface area contributed by atoms with Crippen LogP contribution in [0, 0.1) is 5.92 Å². The lowest BCUT2D eigenvalue weighted by Gasteiger charge is -2.20. The van der Waals surface area contributed by atoms with Crippen LogP contribution in [0.25, 0.3) is 0 Å². The van der Waals surface area contributed by atoms with Gasteiger partial charge >= 0.3 is 0 Å². The van der Waals surface area contributed by atoms with E-state index in [0.29, 0.717) is 17.9 Å². The highest BCUT2D eigenvalue weighted by Gasteiger charge is 2.32. The summed E-state index contributed by atoms with van der Waals surface area (Å²) in [6, 6.07) is 2.35. The summed E-state index contributed by atoms with van der Waals surface area (Å²) < 4.78 is 0. The molecule has 1 atom stereocenters. The molecule has 2 heterocycles. The largest absolute Gasteiger partial charge is 0.341 e. The molecule has 1 aromatic heterocycles. The van der Waals surface area contributed by atoms with Crippen LogP contribution in [-0.4, -0.2) is 29.9 Å². The van der Waals surface area contributed by atoms with Crippen molar-refractivity contribution in [3.63, 3.8) is 0 Å². The van der Waals surface area contributed by atoms with Crippen molar-refractivity contribution in [1.82, 2.24) is 10.2 Å². The number of nitrogens with zero attached hydrogens (tertiary/aromatic N) is 1. The van der Waals surface area contributed by atoms with Crippen LogP contribution in [0.1, 0.15) is 37.0 Å². The summed E-state index contributed by atoms with van der Waals surface area (Å²) in [4.78, 5) is 15.6. The summed E-state index contributed by atoms with van der Waals surface area (Å²) in [5.74, 6) is 0.696. The van der Waals surface area contributed by atoms with Crippen molar-refractivity contribution in [3.8, 4) is 0 Å². The third-order valence-electron chi connectivity index (χ3n) is 4.45. The second-order valence-electron chi connectivity index (χ2n) is 5.82. The molecule has 0 aromatic carbocycles. The SMILES string of the molecule is O=C(C1CCCC1)N1CCC(NCc2sccc2Cl)C1. The Labute approximate surface area is 129 Å². The Kier molecular flexibility index (Phi) is 4.64. The van der Waals surface area contributed by atoms with Gasteiger partial charge in [0.25, 0.3) is 0 Å². The maximum atomic E-state index is 12.4. The van der Waals surface area contributed by atoms with Gasteiger partial charge < -0.3 is 10.2 Å². The van der Waals surface area contributed by atoms with E-state index < -0.39 is 0 Å². The third-order valence-corrected chi connectivity index (χ3v) is 5.83. The molecule has 0 spiro atoms. The van der Waals surface area contributed by atoms with E-state index in [9.17, 15) is 4.79 Å². The number of carbonyl (C=O) groups is 1. The highest BCUT2D eigenvalue weighted by atomic mass is 35.5. The molecule has 1 aliphatic carbocycles. The van der Waals surface area contributed by atoms with Crippen molar-refractivity contribution < 1.29 is 4.79 Å². The van der Waals surface area contributed by atoms with Gasteiger partial charge in [-0.1, -0.05) is 24.4 Å². The number of thiophene rings is 1. The van der Waals surface area contributed by atoms with Crippen molar-refractivity contribution in [2.45, 2.75) is 44.7 Å². The van der Waals surface area contributed by atoms with Crippen molar-refractivity contribution in [2.24, 2.45) is 5.92 Å². The molecule has 20 heavy (non-hydrogen) atoms. The van der Waals surface area contributed by atoms with Gasteiger partial charge in [0.1, 0.15) is 0 Å². The number of rotatable bonds is 4. The Hall–Kier alpha value is -0.580. The number of hydrogen-bond donors (Lipinski definition) is 1. The zero-order valence-corrected chi connectivity index (χ0v) is 13.2. The van der Waals surface area contributed by atoms with Crippen molar-refractivity contribution in [3.05, 3.63) is 21.3 Å². The van der Waals surface area contributed by atoms with Gasteiger partial charge in [0.05, 0.1) is 5.02 Å². The average Bonchev–Trinajstić information content (AvgIpc) is 3.18. The molecular weight excluding hydrogens is 292 g/mol. The Balaban J connectivity index is 1.47. The minimum absolute atomic E-state index is 0.306. The summed E-state index contributed by atoms with van der Waals surface area (Å²) in [7, 11) is 0. The Morgan fingerprint density at radius 3 is 2.90 bits per heavy atom. The lowest BCUT2D eigenvalue weighted by Crippen LogP contribution is -2.37. The zero-order chi connectivity index (χ0) is 13.9. The normalized spacial score (nSPS) is 23.6. The summed E-state index contributed by atoms with van der Waals surface area (Å²) in [5.41, 5.74) is 0. The lowest BCUT2D eigenvalue weighted by molar-refractivity contribution is -0.134. The molecule has 0 bridgehead atoms. The molecule has 1 aromatic rings. The molecule has 2 aliphatic rings. The van der Waals surface area contributed by atoms with Crippen LogP contribution in [0.4, 0.5) is 0 Å². The summed E-state index contributed by atoms with van der Waals surface area (Å²) in [6.45, 7) is 2.58. The van der Waals surface area contributed by atoms with Crippen molar-refractivity contribution in [1.29, 1.82) is 0 Å². The van der Waals surface area contributed by atoms with Crippen LogP contribution in [0.15, 0.2) is 11.4 Å². The number of likely N-dealkylation sites (tertiary alicyclic amines) is 1. The second kappa shape index (κ2) is 6.46. The summed E-state index contributed by atoms with van der Waals surface area (Å²) in [6.07, 6.45) is 5.70. The molecular formula is C15H21ClN2OS. The average molecular weight is 313 g/mol. The van der Waals surface area contributed by atoms with Gasteiger partial charge in [-0.15, -0.1) is 11.3 Å². The topological polar surface area (TPSA) is 32.3 Å². The number of nitrogens with one attached hydrogen (secondary N) is 1. The van der Waals surface area contributed by atoms with Gasteiger partial charge in [0, 0.05) is 36.5 Å². The maximum Gasteiger partial charge on any atom is 0.225 e. The first-order valence-corrected chi connectivity index (χ1v) is 8.74. The Bertz CT molecular complexity index is 470. The monoisotopic (exact) mass is 312 g/mol. The van der Waals surface area contributed by atoms with Crippen LogP contribution in [0.2, 0.25) is 5.02 Å². The van der Waals surface area contributed by atoms with Crippen LogP contribution < -0.4 is 5.32 Å². The number of hydrogen-bond acceptors (Lipinski definition) is 3. The fraction of sp³-hybridized carbons (Fsp3) is 0.667. The smallest absolute Gasteiger partial charge is 0.225 e. The Morgan fingerprint density at radius 1 is 1.40 bits per heavy atom. The first-order chi connectivity index (χ1) is 9.74. The van der Waals surface area contributed by atoms with Crippen LogP contribution in [-0.2, 0) is 11.3 Å². The van der Waals surface area contributed by atoms with Gasteiger partial charge in [-0.2, -0.15) is 0 Å². The van der Waals surface area contributed by atoms with E-state index in [4.69, 9.17) is 11.6 Å². The fourth-order valence-electron chi connectivity index (χ4n) is 3.25. The summed E-state index contributed by atoms with van der Waals surface area (Å²) >= 11 is 7.78. The van der Waals surface area contributed by atoms with E-state index in [-0.39, 0.29) is 0 Å². The lowest BCUT2D eigenvalue weighted by atomic mass is 10.1. The van der Waals surface area contributed by atoms with E-state index in [1.165, 1.54) is 17.7 Å². The molecule has 3 nitrogen and oxygen atoms in total. The number of carbonyl (C=O) groups excluding carboxylic acids is 1. The summed E-state index contributed by atoms with van der Waals surface area (Å²) in [5, 5.41) is 6.40. The molecule has 2 fully saturated rings. The van der Waals surface area contributed by atoms with E-state index >= 15 is 0 Å². The van der Waals surface area contributed by atoms with Gasteiger partial charge in [0.15, 0.2) is 0 Å². The van der Waals surface area contributed by atoms with E-state index in [0.717, 1.165) is 43.9 Å². The first kappa shape index (κ1) is 14.4. The quantitative estimate of drug-likeness (QED) is 0.925. The minimum Gasteiger partial charge on any atom is -0.341 e. The van der Waals surface area contributed by atoms with Crippen molar-refractivity contribution >= 4 is 28.8 Å². The molecule has 1 saturated carbocycles. The zero-order valence-electron chi connectivity index (χ0n) is 11.6. The molecule has 1 amide bonds. The second-order valence-corrected chi connectivity index (χ2v) is 7.23. The molecule has 0 radical (unpaired) electrons. The molecule has 1 N–H and O–H groups in total. The highest BCUT2D eigenvalue weighted by molar-refractivity contribution is 7.10. The number of amides is 1. The van der Waals surface area contributed by atoms with Gasteiger partial charge in [-0.25, -0.2) is 0 Å². The first-order valence-electron chi connectivity index (χ1n) is 7.48. The highest BCUT2D eigenvalue weighted by Crippen LogP contribution is 2.28. The van der Waals surface area contributed by atoms with Crippen LogP contribution in [0.3, 0.4) is 0 Å². The molecule has 110 valence electrons. The molecule has 1 aliphatic heterocycles. The Morgan fingerprint density at radius 2 is 2.20 bits per heavy atom. The maximum absolute atomic E-state index is 12.4. The van der Waals surface area contributed by atoms with E-state index in [1.54, 1.807) is 11.3 Å². The van der Waals surface area contributed by atoms with Gasteiger partial charge in [-0.3, -0.25) is 4.79 Å². The molecule has 1 saturated heterocycles. The van der Waals surface area contributed by atoms with Gasteiger partial charge in [0.2, 0.25) is 5.91 Å². The third kappa shape index (κ3) is 3.18.